The van der Waals surface area contributed by atoms with Gasteiger partial charge in [0, 0.05) is 56.9 Å². The molecule has 6 nitrogen and oxygen atoms in total. The van der Waals surface area contributed by atoms with E-state index in [0.717, 1.165) is 36.5 Å². The van der Waals surface area contributed by atoms with Crippen LogP contribution in [0.1, 0.15) is 22.9 Å². The van der Waals surface area contributed by atoms with E-state index in [1.54, 1.807) is 0 Å². The summed E-state index contributed by atoms with van der Waals surface area (Å²) in [5.41, 5.74) is 4.53. The van der Waals surface area contributed by atoms with Crippen LogP contribution in [0.2, 0.25) is 0 Å². The highest BCUT2D eigenvalue weighted by Gasteiger charge is 2.36. The first-order chi connectivity index (χ1) is 13.2. The highest BCUT2D eigenvalue weighted by molar-refractivity contribution is 5.85. The standard InChI is InChI=1S/C21H23N5O/c1-24-14-23-19-13-25(11-15-5-4-6-18-16(15)7-8-22-18)12-17(20(19)24)21(27)26-9-2-3-10-26/h2-8,14,17,22H,9-13H2,1H3. The van der Waals surface area contributed by atoms with E-state index in [2.05, 4.69) is 51.3 Å². The van der Waals surface area contributed by atoms with Gasteiger partial charge in [0.1, 0.15) is 0 Å². The largest absolute Gasteiger partial charge is 0.361 e. The van der Waals surface area contributed by atoms with Crippen LogP contribution in [0.4, 0.5) is 0 Å². The van der Waals surface area contributed by atoms with E-state index in [4.69, 9.17) is 0 Å². The number of aromatic amines is 1. The van der Waals surface area contributed by atoms with Crippen LogP contribution in [0.25, 0.3) is 10.9 Å². The second kappa shape index (κ2) is 6.39. The predicted octanol–water partition coefficient (Wildman–Crippen LogP) is 2.40. The third-order valence-corrected chi connectivity index (χ3v) is 5.71. The Morgan fingerprint density at radius 1 is 1.26 bits per heavy atom. The summed E-state index contributed by atoms with van der Waals surface area (Å²) < 4.78 is 2.02. The molecule has 6 heteroatoms. The molecule has 5 rings (SSSR count). The van der Waals surface area contributed by atoms with Crippen LogP contribution in [0.3, 0.4) is 0 Å². The molecule has 138 valence electrons. The number of H-pyrrole nitrogens is 1. The molecule has 27 heavy (non-hydrogen) atoms. The number of hydrogen-bond donors (Lipinski definition) is 1. The number of nitrogens with one attached hydrogen (secondary N) is 1. The Morgan fingerprint density at radius 2 is 2.11 bits per heavy atom. The van der Waals surface area contributed by atoms with Crippen LogP contribution in [-0.2, 0) is 24.9 Å². The Morgan fingerprint density at radius 3 is 2.96 bits per heavy atom. The number of benzene rings is 1. The van der Waals surface area contributed by atoms with Crippen molar-refractivity contribution in [3.63, 3.8) is 0 Å². The molecule has 1 N–H and O–H groups in total. The lowest BCUT2D eigenvalue weighted by Crippen LogP contribution is -2.43. The average Bonchev–Trinajstić information content (AvgIpc) is 3.42. The van der Waals surface area contributed by atoms with Crippen LogP contribution in [0.5, 0.6) is 0 Å². The quantitative estimate of drug-likeness (QED) is 0.729. The SMILES string of the molecule is Cn1cnc2c1C(C(=O)N1CC=CC1)CN(Cc1cccc3[nH]ccc13)C2. The van der Waals surface area contributed by atoms with Crippen molar-refractivity contribution in [1.82, 2.24) is 24.3 Å². The van der Waals surface area contributed by atoms with Gasteiger partial charge in [-0.3, -0.25) is 9.69 Å². The third kappa shape index (κ3) is 2.77. The van der Waals surface area contributed by atoms with Crippen molar-refractivity contribution >= 4 is 16.8 Å². The van der Waals surface area contributed by atoms with Crippen LogP contribution >= 0.6 is 0 Å². The summed E-state index contributed by atoms with van der Waals surface area (Å²) in [4.78, 5) is 25.3. The number of nitrogens with zero attached hydrogens (tertiary/aromatic N) is 4. The first-order valence-electron chi connectivity index (χ1n) is 9.42. The fourth-order valence-electron chi connectivity index (χ4n) is 4.40. The van der Waals surface area contributed by atoms with Crippen LogP contribution in [0.15, 0.2) is 48.9 Å². The number of fused-ring (bicyclic) bond motifs is 2. The van der Waals surface area contributed by atoms with Gasteiger partial charge in [0.15, 0.2) is 0 Å². The molecule has 1 amide bonds. The fourth-order valence-corrected chi connectivity index (χ4v) is 4.40. The summed E-state index contributed by atoms with van der Waals surface area (Å²) in [6.07, 6.45) is 7.95. The molecule has 3 aromatic rings. The lowest BCUT2D eigenvalue weighted by Gasteiger charge is -2.34. The van der Waals surface area contributed by atoms with Gasteiger partial charge in [0.2, 0.25) is 5.91 Å². The molecule has 0 spiro atoms. The van der Waals surface area contributed by atoms with Gasteiger partial charge in [-0.25, -0.2) is 4.98 Å². The number of rotatable bonds is 3. The van der Waals surface area contributed by atoms with E-state index in [1.807, 2.05) is 29.0 Å². The van der Waals surface area contributed by atoms with E-state index >= 15 is 0 Å². The number of imidazole rings is 1. The van der Waals surface area contributed by atoms with Gasteiger partial charge in [-0.2, -0.15) is 0 Å². The molecule has 0 radical (unpaired) electrons. The first-order valence-corrected chi connectivity index (χ1v) is 9.42. The molecule has 1 aromatic carbocycles. The van der Waals surface area contributed by atoms with E-state index in [9.17, 15) is 4.79 Å². The van der Waals surface area contributed by atoms with Crippen LogP contribution in [-0.4, -0.2) is 49.9 Å². The minimum Gasteiger partial charge on any atom is -0.361 e. The molecule has 0 bridgehead atoms. The minimum absolute atomic E-state index is 0.161. The van der Waals surface area contributed by atoms with Crippen molar-refractivity contribution in [3.05, 3.63) is 65.9 Å². The fraction of sp³-hybridized carbons (Fsp3) is 0.333. The predicted molar refractivity (Wildman–Crippen MR) is 104 cm³/mol. The number of carbonyl (C=O) groups is 1. The molecule has 0 saturated carbocycles. The molecule has 0 saturated heterocycles. The lowest BCUT2D eigenvalue weighted by molar-refractivity contribution is -0.132. The molecular formula is C21H23N5O. The maximum absolute atomic E-state index is 13.2. The maximum Gasteiger partial charge on any atom is 0.233 e. The topological polar surface area (TPSA) is 57.2 Å². The number of carbonyl (C=O) groups excluding carboxylic acids is 1. The number of hydrogen-bond acceptors (Lipinski definition) is 3. The van der Waals surface area contributed by atoms with Gasteiger partial charge in [0.05, 0.1) is 23.6 Å². The zero-order valence-electron chi connectivity index (χ0n) is 15.4. The van der Waals surface area contributed by atoms with Crippen LogP contribution < -0.4 is 0 Å². The smallest absolute Gasteiger partial charge is 0.233 e. The summed E-state index contributed by atoms with van der Waals surface area (Å²) in [5, 5.41) is 1.25. The maximum atomic E-state index is 13.2. The average molecular weight is 361 g/mol. The number of amides is 1. The van der Waals surface area contributed by atoms with Gasteiger partial charge in [0.25, 0.3) is 0 Å². The molecule has 0 aliphatic carbocycles. The summed E-state index contributed by atoms with van der Waals surface area (Å²) in [6, 6.07) is 8.48. The van der Waals surface area contributed by atoms with Crippen molar-refractivity contribution in [3.8, 4) is 0 Å². The Kier molecular flexibility index (Phi) is 3.86. The summed E-state index contributed by atoms with van der Waals surface area (Å²) in [7, 11) is 1.99. The van der Waals surface area contributed by atoms with Crippen molar-refractivity contribution in [2.75, 3.05) is 19.6 Å². The third-order valence-electron chi connectivity index (χ3n) is 5.71. The second-order valence-electron chi connectivity index (χ2n) is 7.48. The van der Waals surface area contributed by atoms with Gasteiger partial charge in [-0.1, -0.05) is 24.3 Å². The van der Waals surface area contributed by atoms with E-state index in [0.29, 0.717) is 13.1 Å². The van der Waals surface area contributed by atoms with Crippen molar-refractivity contribution in [2.45, 2.75) is 19.0 Å². The summed E-state index contributed by atoms with van der Waals surface area (Å²) in [6.45, 7) is 3.74. The van der Waals surface area contributed by atoms with Crippen molar-refractivity contribution in [2.24, 2.45) is 7.05 Å². The normalized spacial score (nSPS) is 19.7. The van der Waals surface area contributed by atoms with E-state index in [1.165, 1.54) is 10.9 Å². The molecule has 0 fully saturated rings. The highest BCUT2D eigenvalue weighted by atomic mass is 16.2. The Hall–Kier alpha value is -2.86. The highest BCUT2D eigenvalue weighted by Crippen LogP contribution is 2.31. The van der Waals surface area contributed by atoms with E-state index < -0.39 is 0 Å². The van der Waals surface area contributed by atoms with Crippen molar-refractivity contribution < 1.29 is 4.79 Å². The molecule has 4 heterocycles. The monoisotopic (exact) mass is 361 g/mol. The number of aromatic nitrogens is 3. The van der Waals surface area contributed by atoms with Crippen molar-refractivity contribution in [1.29, 1.82) is 0 Å². The second-order valence-corrected chi connectivity index (χ2v) is 7.48. The molecule has 2 aliphatic rings. The first kappa shape index (κ1) is 16.3. The molecule has 2 aliphatic heterocycles. The summed E-state index contributed by atoms with van der Waals surface area (Å²) in [5.74, 6) is 0.0426. The zero-order chi connectivity index (χ0) is 18.4. The Balaban J connectivity index is 1.45. The van der Waals surface area contributed by atoms with Crippen LogP contribution in [0, 0.1) is 0 Å². The molecule has 1 unspecified atom stereocenters. The number of aryl methyl sites for hydroxylation is 1. The molecule has 1 atom stereocenters. The van der Waals surface area contributed by atoms with Gasteiger partial charge >= 0.3 is 0 Å². The minimum atomic E-state index is -0.161. The lowest BCUT2D eigenvalue weighted by atomic mass is 9.95. The molecular weight excluding hydrogens is 338 g/mol. The summed E-state index contributed by atoms with van der Waals surface area (Å²) >= 11 is 0. The zero-order valence-corrected chi connectivity index (χ0v) is 15.4. The molecule has 2 aromatic heterocycles. The van der Waals surface area contributed by atoms with E-state index in [-0.39, 0.29) is 11.8 Å². The van der Waals surface area contributed by atoms with Gasteiger partial charge in [-0.05, 0) is 17.7 Å². The van der Waals surface area contributed by atoms with Gasteiger partial charge < -0.3 is 14.5 Å². The Bertz CT molecular complexity index is 1020. The Labute approximate surface area is 158 Å². The van der Waals surface area contributed by atoms with Gasteiger partial charge in [-0.15, -0.1) is 0 Å².